The number of fused-ring (bicyclic) bond motifs is 1. The molecule has 0 amide bonds. The number of hydrogen-bond donors (Lipinski definition) is 2. The molecule has 74 valence electrons. The smallest absolute Gasteiger partial charge is 0.152 e. The quantitative estimate of drug-likeness (QED) is 0.640. The van der Waals surface area contributed by atoms with Crippen molar-refractivity contribution in [1.29, 1.82) is 0 Å². The monoisotopic (exact) mass is 210 g/mol. The number of aromatic amines is 1. The molecule has 0 aromatic carbocycles. The highest BCUT2D eigenvalue weighted by Crippen LogP contribution is 2.24. The third-order valence-corrected chi connectivity index (χ3v) is 2.51. The summed E-state index contributed by atoms with van der Waals surface area (Å²) in [5.74, 6) is 0.698. The minimum Gasteiger partial charge on any atom is -0.382 e. The van der Waals surface area contributed by atoms with Crippen LogP contribution >= 0.6 is 11.6 Å². The second-order valence-electron chi connectivity index (χ2n) is 3.33. The Hall–Kier alpha value is -1.29. The summed E-state index contributed by atoms with van der Waals surface area (Å²) in [5, 5.41) is 0.433. The van der Waals surface area contributed by atoms with Gasteiger partial charge in [0.25, 0.3) is 0 Å². The molecule has 0 bridgehead atoms. The number of aliphatic imine (C=N–C) groups is 1. The van der Waals surface area contributed by atoms with Crippen LogP contribution in [0.3, 0.4) is 0 Å². The van der Waals surface area contributed by atoms with E-state index in [9.17, 15) is 0 Å². The summed E-state index contributed by atoms with van der Waals surface area (Å²) < 4.78 is 0. The summed E-state index contributed by atoms with van der Waals surface area (Å²) in [4.78, 5) is 11.2. The van der Waals surface area contributed by atoms with Crippen molar-refractivity contribution in [2.45, 2.75) is 19.3 Å². The van der Waals surface area contributed by atoms with Crippen LogP contribution in [0.5, 0.6) is 0 Å². The number of nitrogens with one attached hydrogen (secondary N) is 1. The number of allylic oxidation sites excluding steroid dienone is 1. The van der Waals surface area contributed by atoms with Crippen molar-refractivity contribution in [3.05, 3.63) is 28.9 Å². The topological polar surface area (TPSA) is 67.1 Å². The van der Waals surface area contributed by atoms with Crippen molar-refractivity contribution < 1.29 is 0 Å². The number of rotatable bonds is 0. The Morgan fingerprint density at radius 1 is 1.64 bits per heavy atom. The predicted molar refractivity (Wildman–Crippen MR) is 56.3 cm³/mol. The molecule has 2 rings (SSSR count). The average Bonchev–Trinajstić information content (AvgIpc) is 2.60. The van der Waals surface area contributed by atoms with E-state index in [1.54, 1.807) is 6.33 Å². The molecule has 0 radical (unpaired) electrons. The maximum absolute atomic E-state index is 5.84. The third-order valence-electron chi connectivity index (χ3n) is 2.27. The molecule has 1 aromatic rings. The molecule has 4 nitrogen and oxygen atoms in total. The fourth-order valence-electron chi connectivity index (χ4n) is 1.49. The number of amidine groups is 1. The molecule has 1 atom stereocenters. The molecule has 1 unspecified atom stereocenters. The first kappa shape index (κ1) is 9.27. The van der Waals surface area contributed by atoms with Crippen LogP contribution in [0, 0.1) is 0 Å². The van der Waals surface area contributed by atoms with E-state index < -0.39 is 0 Å². The van der Waals surface area contributed by atoms with Crippen LogP contribution in [0.2, 0.25) is 0 Å². The predicted octanol–water partition coefficient (Wildman–Crippen LogP) is 1.70. The molecule has 0 saturated heterocycles. The summed E-state index contributed by atoms with van der Waals surface area (Å²) in [6.07, 6.45) is 4.33. The Morgan fingerprint density at radius 2 is 2.43 bits per heavy atom. The lowest BCUT2D eigenvalue weighted by atomic mass is 10.0. The summed E-state index contributed by atoms with van der Waals surface area (Å²) >= 11 is 5.84. The molecule has 0 fully saturated rings. The van der Waals surface area contributed by atoms with Gasteiger partial charge in [-0.1, -0.05) is 18.5 Å². The number of imidazole rings is 1. The maximum atomic E-state index is 5.84. The molecule has 1 aliphatic heterocycles. The van der Waals surface area contributed by atoms with Gasteiger partial charge in [0.1, 0.15) is 10.9 Å². The van der Waals surface area contributed by atoms with Crippen LogP contribution in [0.15, 0.2) is 22.6 Å². The second-order valence-corrected chi connectivity index (χ2v) is 3.71. The highest BCUT2D eigenvalue weighted by Gasteiger charge is 2.17. The van der Waals surface area contributed by atoms with E-state index in [0.29, 0.717) is 22.6 Å². The molecular weight excluding hydrogens is 200 g/mol. The number of hydrogen-bond acceptors (Lipinski definition) is 3. The largest absolute Gasteiger partial charge is 0.382 e. The molecule has 1 aromatic heterocycles. The van der Waals surface area contributed by atoms with E-state index in [2.05, 4.69) is 21.9 Å². The zero-order valence-electron chi connectivity index (χ0n) is 7.79. The van der Waals surface area contributed by atoms with Gasteiger partial charge < -0.3 is 10.7 Å². The molecule has 5 heteroatoms. The minimum absolute atomic E-state index is 0.329. The van der Waals surface area contributed by atoms with Gasteiger partial charge >= 0.3 is 0 Å². The van der Waals surface area contributed by atoms with E-state index in [0.717, 1.165) is 12.1 Å². The Kier molecular flexibility index (Phi) is 2.29. The van der Waals surface area contributed by atoms with Crippen LogP contribution in [0.4, 0.5) is 0 Å². The van der Waals surface area contributed by atoms with E-state index in [1.165, 1.54) is 0 Å². The van der Waals surface area contributed by atoms with Crippen LogP contribution < -0.4 is 5.73 Å². The third kappa shape index (κ3) is 1.53. The molecular formula is C9H11ClN4. The highest BCUT2D eigenvalue weighted by atomic mass is 35.5. The first-order chi connectivity index (χ1) is 6.68. The van der Waals surface area contributed by atoms with Crippen LogP contribution in [0.25, 0.3) is 0 Å². The van der Waals surface area contributed by atoms with Gasteiger partial charge in [0.15, 0.2) is 5.84 Å². The van der Waals surface area contributed by atoms with Gasteiger partial charge in [0.05, 0.1) is 6.33 Å². The van der Waals surface area contributed by atoms with Gasteiger partial charge in [-0.3, -0.25) is 0 Å². The lowest BCUT2D eigenvalue weighted by Crippen LogP contribution is -2.17. The second kappa shape index (κ2) is 3.46. The molecule has 0 saturated carbocycles. The minimum atomic E-state index is 0.329. The fourth-order valence-corrected chi connectivity index (χ4v) is 1.67. The van der Waals surface area contributed by atoms with Gasteiger partial charge in [0, 0.05) is 11.6 Å². The molecule has 0 spiro atoms. The zero-order valence-corrected chi connectivity index (χ0v) is 8.54. The molecule has 0 aliphatic carbocycles. The summed E-state index contributed by atoms with van der Waals surface area (Å²) in [5.41, 5.74) is 7.49. The Balaban J connectivity index is 2.53. The maximum Gasteiger partial charge on any atom is 0.152 e. The molecule has 14 heavy (non-hydrogen) atoms. The number of halogens is 1. The standard InChI is InChI=1S/C9H11ClN4/c1-5-2-3-6(10)14-9(11)8-7(5)12-4-13-8/h3-5H,2H2,1H3,(H2,11,14)(H,12,13)/b6-3+. The van der Waals surface area contributed by atoms with Gasteiger partial charge in [-0.05, 0) is 12.5 Å². The number of H-pyrrole nitrogens is 1. The first-order valence-electron chi connectivity index (χ1n) is 4.42. The Bertz CT molecular complexity index is 405. The molecule has 2 heterocycles. The van der Waals surface area contributed by atoms with Crippen molar-refractivity contribution in [3.8, 4) is 0 Å². The highest BCUT2D eigenvalue weighted by molar-refractivity contribution is 6.30. The summed E-state index contributed by atoms with van der Waals surface area (Å²) in [7, 11) is 0. The Labute approximate surface area is 86.9 Å². The zero-order chi connectivity index (χ0) is 10.1. The first-order valence-corrected chi connectivity index (χ1v) is 4.79. The SMILES string of the molecule is CC1C/C=C(\Cl)N=C(N)c2nc[nH]c21. The van der Waals surface area contributed by atoms with Crippen molar-refractivity contribution in [3.63, 3.8) is 0 Å². The van der Waals surface area contributed by atoms with Crippen molar-refractivity contribution in [1.82, 2.24) is 9.97 Å². The van der Waals surface area contributed by atoms with Crippen LogP contribution in [-0.4, -0.2) is 15.8 Å². The summed E-state index contributed by atoms with van der Waals surface area (Å²) in [6.45, 7) is 2.09. The molecule has 1 aliphatic rings. The van der Waals surface area contributed by atoms with E-state index in [4.69, 9.17) is 17.3 Å². The fraction of sp³-hybridized carbons (Fsp3) is 0.333. The van der Waals surface area contributed by atoms with Crippen molar-refractivity contribution in [2.24, 2.45) is 10.7 Å². The normalized spacial score (nSPS) is 25.4. The van der Waals surface area contributed by atoms with Gasteiger partial charge in [-0.2, -0.15) is 0 Å². The van der Waals surface area contributed by atoms with Gasteiger partial charge in [-0.25, -0.2) is 9.98 Å². The van der Waals surface area contributed by atoms with E-state index >= 15 is 0 Å². The van der Waals surface area contributed by atoms with Crippen LogP contribution in [0.1, 0.15) is 30.7 Å². The summed E-state index contributed by atoms with van der Waals surface area (Å²) in [6, 6.07) is 0. The number of nitrogens with two attached hydrogens (primary N) is 1. The van der Waals surface area contributed by atoms with E-state index in [-0.39, 0.29) is 0 Å². The number of nitrogens with zero attached hydrogens (tertiary/aromatic N) is 2. The molecule has 3 N–H and O–H groups in total. The van der Waals surface area contributed by atoms with Gasteiger partial charge in [0.2, 0.25) is 0 Å². The van der Waals surface area contributed by atoms with Gasteiger partial charge in [-0.15, -0.1) is 0 Å². The lowest BCUT2D eigenvalue weighted by Gasteiger charge is -2.11. The lowest BCUT2D eigenvalue weighted by molar-refractivity contribution is 0.749. The van der Waals surface area contributed by atoms with Crippen molar-refractivity contribution >= 4 is 17.4 Å². The van der Waals surface area contributed by atoms with E-state index in [1.807, 2.05) is 6.08 Å². The van der Waals surface area contributed by atoms with Crippen LogP contribution in [-0.2, 0) is 0 Å². The van der Waals surface area contributed by atoms with Crippen molar-refractivity contribution in [2.75, 3.05) is 0 Å². The number of aromatic nitrogens is 2. The Morgan fingerprint density at radius 3 is 3.21 bits per heavy atom. The average molecular weight is 211 g/mol.